The van der Waals surface area contributed by atoms with Crippen LogP contribution in [-0.2, 0) is 4.79 Å². The van der Waals surface area contributed by atoms with Crippen LogP contribution >= 0.6 is 0 Å². The predicted molar refractivity (Wildman–Crippen MR) is 40.4 cm³/mol. The molecule has 58 valence electrons. The maximum absolute atomic E-state index is 9.99. The van der Waals surface area contributed by atoms with Crippen LogP contribution in [0.1, 0.15) is 33.1 Å². The van der Waals surface area contributed by atoms with Gasteiger partial charge in [-0.25, -0.2) is 4.79 Å². The van der Waals surface area contributed by atoms with Crippen LogP contribution in [0.25, 0.3) is 0 Å². The third kappa shape index (κ3) is 3.44. The van der Waals surface area contributed by atoms with Gasteiger partial charge in [-0.1, -0.05) is 19.8 Å². The van der Waals surface area contributed by atoms with E-state index in [4.69, 9.17) is 5.11 Å². The third-order valence-electron chi connectivity index (χ3n) is 1.49. The summed E-state index contributed by atoms with van der Waals surface area (Å²) in [5, 5.41) is 9.15. The number of aliphatic hydroxyl groups is 1. The van der Waals surface area contributed by atoms with E-state index < -0.39 is 6.10 Å². The van der Waals surface area contributed by atoms with E-state index >= 15 is 0 Å². The molecular formula is C8H14O2. The summed E-state index contributed by atoms with van der Waals surface area (Å²) < 4.78 is 0. The van der Waals surface area contributed by atoms with Gasteiger partial charge in [-0.05, 0) is 13.3 Å². The average Bonchev–Trinajstić information content (AvgIpc) is 1.98. The topological polar surface area (TPSA) is 37.3 Å². The lowest BCUT2D eigenvalue weighted by Gasteiger charge is -2.05. The monoisotopic (exact) mass is 142 g/mol. The molecule has 1 atom stereocenters. The van der Waals surface area contributed by atoms with Crippen molar-refractivity contribution < 1.29 is 9.90 Å². The molecule has 0 aliphatic rings. The Morgan fingerprint density at radius 2 is 2.30 bits per heavy atom. The molecule has 0 amide bonds. The van der Waals surface area contributed by atoms with Crippen molar-refractivity contribution in [3.63, 3.8) is 0 Å². The molecular weight excluding hydrogens is 128 g/mol. The van der Waals surface area contributed by atoms with Crippen molar-refractivity contribution in [2.24, 2.45) is 0 Å². The average molecular weight is 142 g/mol. The van der Waals surface area contributed by atoms with Crippen LogP contribution in [0.2, 0.25) is 0 Å². The fourth-order valence-corrected chi connectivity index (χ4v) is 0.682. The second-order valence-corrected chi connectivity index (χ2v) is 2.44. The van der Waals surface area contributed by atoms with Gasteiger partial charge in [-0.15, -0.1) is 0 Å². The molecule has 0 aliphatic heterocycles. The van der Waals surface area contributed by atoms with Gasteiger partial charge in [0.05, 0.1) is 6.10 Å². The second kappa shape index (κ2) is 5.21. The number of hydrogen-bond acceptors (Lipinski definition) is 2. The van der Waals surface area contributed by atoms with E-state index in [0.29, 0.717) is 12.0 Å². The first kappa shape index (κ1) is 9.41. The molecule has 0 fully saturated rings. The summed E-state index contributed by atoms with van der Waals surface area (Å²) in [6, 6.07) is 0. The highest BCUT2D eigenvalue weighted by atomic mass is 16.3. The number of aliphatic hydroxyl groups excluding tert-OH is 1. The standard InChI is InChI=1S/C8H14O2/c1-3-4-5-8(10)7(2)6-9/h8,10H,3-5H2,1-2H3. The summed E-state index contributed by atoms with van der Waals surface area (Å²) in [7, 11) is 0. The summed E-state index contributed by atoms with van der Waals surface area (Å²) in [6.07, 6.45) is 2.11. The molecule has 0 aromatic rings. The van der Waals surface area contributed by atoms with Gasteiger partial charge in [0.15, 0.2) is 0 Å². The van der Waals surface area contributed by atoms with Crippen LogP contribution in [0.5, 0.6) is 0 Å². The van der Waals surface area contributed by atoms with Gasteiger partial charge in [-0.3, -0.25) is 0 Å². The summed E-state index contributed by atoms with van der Waals surface area (Å²) in [6.45, 7) is 3.65. The minimum absolute atomic E-state index is 0.411. The minimum atomic E-state index is -0.572. The van der Waals surface area contributed by atoms with Gasteiger partial charge < -0.3 is 5.11 Å². The minimum Gasteiger partial charge on any atom is -0.388 e. The van der Waals surface area contributed by atoms with E-state index in [2.05, 4.69) is 0 Å². The van der Waals surface area contributed by atoms with E-state index in [1.165, 1.54) is 0 Å². The Balaban J connectivity index is 3.62. The molecule has 0 heterocycles. The van der Waals surface area contributed by atoms with Crippen molar-refractivity contribution in [3.8, 4) is 0 Å². The lowest BCUT2D eigenvalue weighted by atomic mass is 10.1. The Hall–Kier alpha value is -0.590. The number of carbonyl (C=O) groups excluding carboxylic acids is 1. The van der Waals surface area contributed by atoms with Crippen LogP contribution in [-0.4, -0.2) is 17.2 Å². The molecule has 0 aromatic heterocycles. The Morgan fingerprint density at radius 1 is 1.70 bits per heavy atom. The molecule has 2 nitrogen and oxygen atoms in total. The lowest BCUT2D eigenvalue weighted by Crippen LogP contribution is -2.07. The SMILES string of the molecule is CCCCC(O)C(C)=C=O. The molecule has 1 unspecified atom stereocenters. The van der Waals surface area contributed by atoms with Crippen molar-refractivity contribution in [3.05, 3.63) is 5.57 Å². The fourth-order valence-electron chi connectivity index (χ4n) is 0.682. The molecule has 1 N–H and O–H groups in total. The van der Waals surface area contributed by atoms with E-state index in [9.17, 15) is 4.79 Å². The van der Waals surface area contributed by atoms with Crippen molar-refractivity contribution in [1.82, 2.24) is 0 Å². The van der Waals surface area contributed by atoms with Crippen LogP contribution < -0.4 is 0 Å². The molecule has 0 saturated carbocycles. The largest absolute Gasteiger partial charge is 0.388 e. The Morgan fingerprint density at radius 3 is 2.70 bits per heavy atom. The molecule has 0 radical (unpaired) electrons. The molecule has 0 rings (SSSR count). The first-order valence-corrected chi connectivity index (χ1v) is 3.62. The quantitative estimate of drug-likeness (QED) is 0.601. The first-order valence-electron chi connectivity index (χ1n) is 3.62. The Labute approximate surface area is 61.6 Å². The summed E-state index contributed by atoms with van der Waals surface area (Å²) in [5.74, 6) is 1.69. The van der Waals surface area contributed by atoms with Crippen molar-refractivity contribution >= 4 is 5.94 Å². The number of unbranched alkanes of at least 4 members (excludes halogenated alkanes) is 1. The van der Waals surface area contributed by atoms with Crippen molar-refractivity contribution in [2.75, 3.05) is 0 Å². The molecule has 0 bridgehead atoms. The highest BCUT2D eigenvalue weighted by Crippen LogP contribution is 2.05. The summed E-state index contributed by atoms with van der Waals surface area (Å²) >= 11 is 0. The molecule has 0 aromatic carbocycles. The maximum atomic E-state index is 9.99. The van der Waals surface area contributed by atoms with Gasteiger partial charge in [-0.2, -0.15) is 0 Å². The summed E-state index contributed by atoms with van der Waals surface area (Å²) in [4.78, 5) is 9.99. The predicted octanol–water partition coefficient (Wildman–Crippen LogP) is 1.32. The lowest BCUT2D eigenvalue weighted by molar-refractivity contribution is 0.198. The van der Waals surface area contributed by atoms with Gasteiger partial charge in [0.25, 0.3) is 0 Å². The van der Waals surface area contributed by atoms with Gasteiger partial charge in [0, 0.05) is 5.57 Å². The van der Waals surface area contributed by atoms with Crippen molar-refractivity contribution in [2.45, 2.75) is 39.2 Å². The van der Waals surface area contributed by atoms with E-state index in [0.717, 1.165) is 12.8 Å². The van der Waals surface area contributed by atoms with E-state index in [1.54, 1.807) is 12.9 Å². The van der Waals surface area contributed by atoms with Gasteiger partial charge in [0.2, 0.25) is 0 Å². The number of rotatable bonds is 4. The van der Waals surface area contributed by atoms with Crippen LogP contribution in [0.15, 0.2) is 5.57 Å². The van der Waals surface area contributed by atoms with Gasteiger partial charge >= 0.3 is 0 Å². The molecule has 0 spiro atoms. The number of hydrogen-bond donors (Lipinski definition) is 1. The Bertz CT molecular complexity index is 134. The molecule has 0 saturated heterocycles. The molecule has 0 aliphatic carbocycles. The maximum Gasteiger partial charge on any atom is 0.125 e. The highest BCUT2D eigenvalue weighted by molar-refractivity contribution is 5.52. The second-order valence-electron chi connectivity index (χ2n) is 2.44. The van der Waals surface area contributed by atoms with E-state index in [-0.39, 0.29) is 0 Å². The molecule has 2 heteroatoms. The molecule has 10 heavy (non-hydrogen) atoms. The zero-order chi connectivity index (χ0) is 7.98. The fraction of sp³-hybridized carbons (Fsp3) is 0.750. The van der Waals surface area contributed by atoms with Gasteiger partial charge in [0.1, 0.15) is 5.94 Å². The van der Waals surface area contributed by atoms with Crippen LogP contribution in [0, 0.1) is 0 Å². The normalized spacial score (nSPS) is 12.3. The third-order valence-corrected chi connectivity index (χ3v) is 1.49. The first-order chi connectivity index (χ1) is 4.72. The van der Waals surface area contributed by atoms with Crippen LogP contribution in [0.4, 0.5) is 0 Å². The zero-order valence-electron chi connectivity index (χ0n) is 6.55. The zero-order valence-corrected chi connectivity index (χ0v) is 6.55. The van der Waals surface area contributed by atoms with Crippen molar-refractivity contribution in [1.29, 1.82) is 0 Å². The van der Waals surface area contributed by atoms with Crippen LogP contribution in [0.3, 0.4) is 0 Å². The van der Waals surface area contributed by atoms with E-state index in [1.807, 2.05) is 6.92 Å². The summed E-state index contributed by atoms with van der Waals surface area (Å²) in [5.41, 5.74) is 0.411. The Kier molecular flexibility index (Phi) is 4.91. The smallest absolute Gasteiger partial charge is 0.125 e. The highest BCUT2D eigenvalue weighted by Gasteiger charge is 2.04.